The van der Waals surface area contributed by atoms with Crippen molar-refractivity contribution in [1.82, 2.24) is 15.0 Å². The van der Waals surface area contributed by atoms with E-state index in [2.05, 4.69) is 10.5 Å². The van der Waals surface area contributed by atoms with Crippen LogP contribution in [0.3, 0.4) is 0 Å². The molecule has 1 atom stereocenters. The van der Waals surface area contributed by atoms with E-state index in [4.69, 9.17) is 9.51 Å². The van der Waals surface area contributed by atoms with Crippen LogP contribution in [0.2, 0.25) is 0 Å². The smallest absolute Gasteiger partial charge is 0.243 e. The lowest BCUT2D eigenvalue weighted by Gasteiger charge is -2.22. The molecule has 23 heavy (non-hydrogen) atoms. The van der Waals surface area contributed by atoms with Gasteiger partial charge in [0.05, 0.1) is 24.0 Å². The Balaban J connectivity index is 1.59. The third-order valence-corrected chi connectivity index (χ3v) is 5.33. The lowest BCUT2D eigenvalue weighted by molar-refractivity contribution is -0.120. The average molecular weight is 334 g/mol. The Labute approximate surface area is 139 Å². The molecular formula is C16H22N4O2S. The molecule has 0 saturated carbocycles. The fraction of sp³-hybridized carbons (Fsp3) is 0.562. The highest BCUT2D eigenvalue weighted by atomic mass is 32.1. The van der Waals surface area contributed by atoms with Crippen LogP contribution in [-0.2, 0) is 24.2 Å². The topological polar surface area (TPSA) is 71.3 Å². The minimum absolute atomic E-state index is 0.107. The molecule has 2 heterocycles. The zero-order valence-corrected chi connectivity index (χ0v) is 14.6. The Hall–Kier alpha value is -1.73. The van der Waals surface area contributed by atoms with E-state index >= 15 is 0 Å². The second-order valence-electron chi connectivity index (χ2n) is 6.10. The first-order valence-corrected chi connectivity index (χ1v) is 8.76. The van der Waals surface area contributed by atoms with Crippen LogP contribution in [0.15, 0.2) is 10.6 Å². The zero-order chi connectivity index (χ0) is 16.4. The fourth-order valence-corrected chi connectivity index (χ4v) is 3.89. The molecule has 0 spiro atoms. The van der Waals surface area contributed by atoms with E-state index in [0.717, 1.165) is 23.5 Å². The van der Waals surface area contributed by atoms with Gasteiger partial charge in [-0.1, -0.05) is 5.16 Å². The fourth-order valence-electron chi connectivity index (χ4n) is 2.67. The number of hydrogen-bond donors (Lipinski definition) is 1. The molecule has 1 aliphatic carbocycles. The summed E-state index contributed by atoms with van der Waals surface area (Å²) >= 11 is 1.79. The van der Waals surface area contributed by atoms with Crippen LogP contribution < -0.4 is 5.32 Å². The molecule has 0 bridgehead atoms. The number of amides is 1. The summed E-state index contributed by atoms with van der Waals surface area (Å²) < 4.78 is 5.03. The van der Waals surface area contributed by atoms with Gasteiger partial charge in [-0.15, -0.1) is 11.3 Å². The summed E-state index contributed by atoms with van der Waals surface area (Å²) in [5.74, 6) is 0.280. The van der Waals surface area contributed by atoms with Crippen LogP contribution >= 0.6 is 11.3 Å². The van der Waals surface area contributed by atoms with Crippen molar-refractivity contribution in [2.24, 2.45) is 0 Å². The van der Waals surface area contributed by atoms with Crippen LogP contribution in [-0.4, -0.2) is 34.0 Å². The summed E-state index contributed by atoms with van der Waals surface area (Å²) in [7, 11) is 1.94. The van der Waals surface area contributed by atoms with Crippen molar-refractivity contribution in [3.05, 3.63) is 27.3 Å². The summed E-state index contributed by atoms with van der Waals surface area (Å²) in [6, 6.07) is 1.43. The molecule has 3 rings (SSSR count). The molecule has 7 heteroatoms. The van der Waals surface area contributed by atoms with Crippen molar-refractivity contribution in [2.75, 3.05) is 12.4 Å². The summed E-state index contributed by atoms with van der Waals surface area (Å²) in [4.78, 5) is 20.5. The van der Waals surface area contributed by atoms with Gasteiger partial charge in [-0.05, 0) is 46.6 Å². The molecular weight excluding hydrogens is 312 g/mol. The van der Waals surface area contributed by atoms with Gasteiger partial charge in [0.25, 0.3) is 0 Å². The largest absolute Gasteiger partial charge is 0.338 e. The van der Waals surface area contributed by atoms with Gasteiger partial charge in [0, 0.05) is 10.9 Å². The minimum atomic E-state index is -0.277. The third-order valence-electron chi connectivity index (χ3n) is 4.19. The lowest BCUT2D eigenvalue weighted by atomic mass is 10.0. The predicted molar refractivity (Wildman–Crippen MR) is 89.6 cm³/mol. The molecule has 2 aromatic rings. The van der Waals surface area contributed by atoms with Gasteiger partial charge < -0.3 is 4.52 Å². The number of fused-ring (bicyclic) bond motifs is 1. The van der Waals surface area contributed by atoms with E-state index < -0.39 is 0 Å². The van der Waals surface area contributed by atoms with E-state index in [0.29, 0.717) is 12.4 Å². The molecule has 1 amide bonds. The highest BCUT2D eigenvalue weighted by Gasteiger charge is 2.22. The number of likely N-dealkylation sites (N-methyl/N-ethyl adjacent to an activating group) is 1. The second kappa shape index (κ2) is 6.80. The maximum absolute atomic E-state index is 12.3. The molecule has 0 radical (unpaired) electrons. The van der Waals surface area contributed by atoms with Crippen LogP contribution in [0.4, 0.5) is 5.88 Å². The van der Waals surface area contributed by atoms with Crippen molar-refractivity contribution in [3.8, 4) is 0 Å². The number of aryl methyl sites for hydroxylation is 3. The highest BCUT2D eigenvalue weighted by molar-refractivity contribution is 7.11. The first kappa shape index (κ1) is 16.1. The van der Waals surface area contributed by atoms with E-state index in [-0.39, 0.29) is 11.9 Å². The number of carbonyl (C=O) groups excluding carboxylic acids is 1. The maximum Gasteiger partial charge on any atom is 0.243 e. The number of aromatic nitrogens is 2. The van der Waals surface area contributed by atoms with E-state index in [9.17, 15) is 4.79 Å². The Kier molecular flexibility index (Phi) is 4.77. The van der Waals surface area contributed by atoms with Gasteiger partial charge in [-0.2, -0.15) is 0 Å². The van der Waals surface area contributed by atoms with Gasteiger partial charge in [0.1, 0.15) is 5.01 Å². The summed E-state index contributed by atoms with van der Waals surface area (Å²) in [5, 5.41) is 7.61. The molecule has 1 N–H and O–H groups in total. The second-order valence-corrected chi connectivity index (χ2v) is 7.27. The Morgan fingerprint density at radius 2 is 2.26 bits per heavy atom. The van der Waals surface area contributed by atoms with Crippen molar-refractivity contribution >= 4 is 23.1 Å². The van der Waals surface area contributed by atoms with Gasteiger partial charge in [0.15, 0.2) is 0 Å². The molecule has 0 saturated heterocycles. The van der Waals surface area contributed by atoms with E-state index in [1.807, 2.05) is 25.8 Å². The lowest BCUT2D eigenvalue weighted by Crippen LogP contribution is -2.39. The number of anilines is 1. The highest BCUT2D eigenvalue weighted by Crippen LogP contribution is 2.27. The molecule has 1 unspecified atom stereocenters. The molecule has 0 aromatic carbocycles. The van der Waals surface area contributed by atoms with Crippen molar-refractivity contribution in [3.63, 3.8) is 0 Å². The standard InChI is InChI=1S/C16H22N4O2S/c1-10-8-14(22-19-10)18-16(21)11(2)20(3)9-15-17-12-6-4-5-7-13(12)23-15/h8,11H,4-7,9H2,1-3H3,(H,18,21). The first-order valence-electron chi connectivity index (χ1n) is 7.95. The molecule has 2 aromatic heterocycles. The Morgan fingerprint density at radius 3 is 2.96 bits per heavy atom. The Morgan fingerprint density at radius 1 is 1.48 bits per heavy atom. The zero-order valence-electron chi connectivity index (χ0n) is 13.8. The molecule has 0 fully saturated rings. The molecule has 1 aliphatic rings. The normalized spacial score (nSPS) is 15.5. The van der Waals surface area contributed by atoms with Gasteiger partial charge in [-0.3, -0.25) is 15.0 Å². The van der Waals surface area contributed by atoms with Crippen LogP contribution in [0.1, 0.15) is 41.0 Å². The van der Waals surface area contributed by atoms with Gasteiger partial charge >= 0.3 is 0 Å². The molecule has 0 aliphatic heterocycles. The quantitative estimate of drug-likeness (QED) is 0.910. The number of carbonyl (C=O) groups is 1. The minimum Gasteiger partial charge on any atom is -0.338 e. The third kappa shape index (κ3) is 3.79. The molecule has 6 nitrogen and oxygen atoms in total. The predicted octanol–water partition coefficient (Wildman–Crippen LogP) is 2.78. The van der Waals surface area contributed by atoms with Crippen molar-refractivity contribution < 1.29 is 9.32 Å². The Bertz CT molecular complexity index is 671. The SMILES string of the molecule is Cc1cc(NC(=O)C(C)N(C)Cc2nc3c(s2)CCCC3)on1. The van der Waals surface area contributed by atoms with Crippen molar-refractivity contribution in [2.45, 2.75) is 52.1 Å². The number of nitrogens with one attached hydrogen (secondary N) is 1. The van der Waals surface area contributed by atoms with Crippen LogP contribution in [0.5, 0.6) is 0 Å². The summed E-state index contributed by atoms with van der Waals surface area (Å²) in [5.41, 5.74) is 2.01. The monoisotopic (exact) mass is 334 g/mol. The van der Waals surface area contributed by atoms with Gasteiger partial charge in [-0.25, -0.2) is 4.98 Å². The molecule has 124 valence electrons. The number of rotatable bonds is 5. The number of hydrogen-bond acceptors (Lipinski definition) is 6. The maximum atomic E-state index is 12.3. The van der Waals surface area contributed by atoms with Crippen LogP contribution in [0.25, 0.3) is 0 Å². The first-order chi connectivity index (χ1) is 11.0. The summed E-state index contributed by atoms with van der Waals surface area (Å²) in [6.07, 6.45) is 4.75. The average Bonchev–Trinajstić information content (AvgIpc) is 3.11. The van der Waals surface area contributed by atoms with E-state index in [1.165, 1.54) is 23.4 Å². The summed E-state index contributed by atoms with van der Waals surface area (Å²) in [6.45, 7) is 4.38. The number of thiazole rings is 1. The van der Waals surface area contributed by atoms with E-state index in [1.54, 1.807) is 17.4 Å². The number of nitrogens with zero attached hydrogens (tertiary/aromatic N) is 3. The van der Waals surface area contributed by atoms with Gasteiger partial charge in [0.2, 0.25) is 11.8 Å². The van der Waals surface area contributed by atoms with Crippen LogP contribution in [0, 0.1) is 6.92 Å². The van der Waals surface area contributed by atoms with Crippen molar-refractivity contribution in [1.29, 1.82) is 0 Å².